The summed E-state index contributed by atoms with van der Waals surface area (Å²) >= 11 is 5.85. The Kier molecular flexibility index (Phi) is 7.53. The third kappa shape index (κ3) is 5.45. The third-order valence-electron chi connectivity index (χ3n) is 7.51. The number of aromatic nitrogens is 2. The van der Waals surface area contributed by atoms with E-state index in [0.29, 0.717) is 18.1 Å². The first-order chi connectivity index (χ1) is 18.7. The molecule has 0 radical (unpaired) electrons. The second-order valence-corrected chi connectivity index (χ2v) is 10.8. The van der Waals surface area contributed by atoms with Crippen LogP contribution in [0.5, 0.6) is 0 Å². The molecular formula is C32H35N5OS. The van der Waals surface area contributed by atoms with Gasteiger partial charge in [-0.1, -0.05) is 35.9 Å². The van der Waals surface area contributed by atoms with Crippen molar-refractivity contribution >= 4 is 28.9 Å². The van der Waals surface area contributed by atoms with Gasteiger partial charge in [0, 0.05) is 41.9 Å². The number of aryl methyl sites for hydroxylation is 4. The number of nitrogens with zero attached hydrogens (tertiary/aromatic N) is 3. The first-order valence-electron chi connectivity index (χ1n) is 13.3. The summed E-state index contributed by atoms with van der Waals surface area (Å²) in [7, 11) is 0. The van der Waals surface area contributed by atoms with Gasteiger partial charge in [0.25, 0.3) is 0 Å². The van der Waals surface area contributed by atoms with Gasteiger partial charge in [-0.3, -0.25) is 9.78 Å². The van der Waals surface area contributed by atoms with Gasteiger partial charge in [0.05, 0.1) is 17.8 Å². The van der Waals surface area contributed by atoms with Crippen molar-refractivity contribution in [1.29, 1.82) is 0 Å². The lowest BCUT2D eigenvalue weighted by Gasteiger charge is -2.28. The van der Waals surface area contributed by atoms with Crippen molar-refractivity contribution in [3.8, 4) is 5.69 Å². The lowest BCUT2D eigenvalue weighted by molar-refractivity contribution is -0.116. The van der Waals surface area contributed by atoms with Crippen LogP contribution in [0.15, 0.2) is 72.9 Å². The Bertz CT molecular complexity index is 1510. The highest BCUT2D eigenvalue weighted by atomic mass is 32.1. The van der Waals surface area contributed by atoms with Crippen molar-refractivity contribution < 1.29 is 4.79 Å². The van der Waals surface area contributed by atoms with Crippen LogP contribution in [0, 0.1) is 34.6 Å². The molecule has 39 heavy (non-hydrogen) atoms. The number of carbonyl (C=O) groups is 1. The molecule has 0 spiro atoms. The summed E-state index contributed by atoms with van der Waals surface area (Å²) in [6.07, 6.45) is 2.13. The van der Waals surface area contributed by atoms with E-state index < -0.39 is 0 Å². The molecule has 2 aromatic heterocycles. The highest BCUT2D eigenvalue weighted by Gasteiger charge is 2.41. The van der Waals surface area contributed by atoms with Gasteiger partial charge in [-0.25, -0.2) is 0 Å². The van der Waals surface area contributed by atoms with Crippen LogP contribution in [0.3, 0.4) is 0 Å². The molecule has 0 bridgehead atoms. The molecule has 4 aromatic rings. The molecule has 3 heterocycles. The molecule has 0 aliphatic carbocycles. The molecule has 0 saturated carbocycles. The predicted molar refractivity (Wildman–Crippen MR) is 161 cm³/mol. The molecule has 1 fully saturated rings. The highest BCUT2D eigenvalue weighted by Crippen LogP contribution is 2.41. The van der Waals surface area contributed by atoms with Gasteiger partial charge in [-0.2, -0.15) is 0 Å². The number of nitrogens with one attached hydrogen (secondary N) is 2. The lowest BCUT2D eigenvalue weighted by atomic mass is 9.96. The van der Waals surface area contributed by atoms with Gasteiger partial charge >= 0.3 is 0 Å². The lowest BCUT2D eigenvalue weighted by Crippen LogP contribution is -2.32. The molecule has 2 N–H and O–H groups in total. The molecule has 7 heteroatoms. The fourth-order valence-corrected chi connectivity index (χ4v) is 5.82. The van der Waals surface area contributed by atoms with E-state index in [-0.39, 0.29) is 18.0 Å². The molecule has 0 unspecified atom stereocenters. The van der Waals surface area contributed by atoms with Crippen molar-refractivity contribution in [2.45, 2.75) is 53.1 Å². The van der Waals surface area contributed by atoms with Crippen molar-refractivity contribution in [2.75, 3.05) is 11.9 Å². The van der Waals surface area contributed by atoms with Crippen LogP contribution in [0.1, 0.15) is 57.8 Å². The summed E-state index contributed by atoms with van der Waals surface area (Å²) in [5, 5.41) is 7.17. The van der Waals surface area contributed by atoms with Crippen LogP contribution in [-0.4, -0.2) is 32.0 Å². The van der Waals surface area contributed by atoms with Crippen molar-refractivity contribution in [3.63, 3.8) is 0 Å². The molecule has 1 aliphatic rings. The minimum atomic E-state index is -0.133. The number of hydrogen-bond donors (Lipinski definition) is 2. The number of pyridine rings is 1. The van der Waals surface area contributed by atoms with Crippen LogP contribution in [0.4, 0.5) is 5.69 Å². The smallest absolute Gasteiger partial charge is 0.226 e. The van der Waals surface area contributed by atoms with Gasteiger partial charge < -0.3 is 20.1 Å². The van der Waals surface area contributed by atoms with E-state index in [1.54, 1.807) is 0 Å². The minimum absolute atomic E-state index is 0.0393. The summed E-state index contributed by atoms with van der Waals surface area (Å²) in [5.74, 6) is -0.0393. The van der Waals surface area contributed by atoms with Crippen molar-refractivity contribution in [1.82, 2.24) is 19.8 Å². The number of anilines is 1. The molecule has 1 saturated heterocycles. The number of benzene rings is 2. The average Bonchev–Trinajstić information content (AvgIpc) is 3.40. The zero-order chi connectivity index (χ0) is 27.7. The van der Waals surface area contributed by atoms with Crippen LogP contribution < -0.4 is 10.6 Å². The average molecular weight is 538 g/mol. The molecule has 2 aromatic carbocycles. The van der Waals surface area contributed by atoms with Crippen LogP contribution in [0.2, 0.25) is 0 Å². The molecule has 200 valence electrons. The largest absolute Gasteiger partial charge is 0.352 e. The van der Waals surface area contributed by atoms with Gasteiger partial charge in [0.15, 0.2) is 5.11 Å². The molecule has 2 atom stereocenters. The zero-order valence-electron chi connectivity index (χ0n) is 23.2. The Balaban J connectivity index is 1.48. The fourth-order valence-electron chi connectivity index (χ4n) is 5.49. The molecule has 6 nitrogen and oxygen atoms in total. The third-order valence-corrected chi connectivity index (χ3v) is 7.86. The SMILES string of the molecule is Cc1ccc(NC(=O)CCN2C(=S)N[C@H](c3ccccn3)[C@H]2c2cc(C)n(-c3cc(C)ccc3C)c2C)cc1. The molecule has 1 aliphatic heterocycles. The summed E-state index contributed by atoms with van der Waals surface area (Å²) in [6, 6.07) is 22.4. The second-order valence-electron chi connectivity index (χ2n) is 10.4. The number of rotatable bonds is 7. The minimum Gasteiger partial charge on any atom is -0.352 e. The van der Waals surface area contributed by atoms with Crippen LogP contribution in [-0.2, 0) is 4.79 Å². The Morgan fingerprint density at radius 1 is 0.974 bits per heavy atom. The molecular weight excluding hydrogens is 502 g/mol. The van der Waals surface area contributed by atoms with Crippen LogP contribution >= 0.6 is 12.2 Å². The molecule has 1 amide bonds. The number of amides is 1. The first kappa shape index (κ1) is 26.6. The number of carbonyl (C=O) groups excluding carboxylic acids is 1. The normalized spacial score (nSPS) is 16.8. The zero-order valence-corrected chi connectivity index (χ0v) is 24.0. The maximum Gasteiger partial charge on any atom is 0.226 e. The Labute approximate surface area is 236 Å². The van der Waals surface area contributed by atoms with E-state index >= 15 is 0 Å². The van der Waals surface area contributed by atoms with Gasteiger partial charge in [0.1, 0.15) is 0 Å². The van der Waals surface area contributed by atoms with E-state index in [9.17, 15) is 4.79 Å². The second kappa shape index (κ2) is 11.0. The first-order valence-corrected chi connectivity index (χ1v) is 13.7. The predicted octanol–water partition coefficient (Wildman–Crippen LogP) is 6.42. The van der Waals surface area contributed by atoms with Gasteiger partial charge in [0.2, 0.25) is 5.91 Å². The Hall–Kier alpha value is -3.97. The van der Waals surface area contributed by atoms with Crippen LogP contribution in [0.25, 0.3) is 5.69 Å². The van der Waals surface area contributed by atoms with E-state index in [0.717, 1.165) is 28.3 Å². The summed E-state index contributed by atoms with van der Waals surface area (Å²) < 4.78 is 2.33. The van der Waals surface area contributed by atoms with E-state index in [1.165, 1.54) is 22.4 Å². The highest BCUT2D eigenvalue weighted by molar-refractivity contribution is 7.80. The quantitative estimate of drug-likeness (QED) is 0.267. The standard InChI is InChI=1S/C32H35N5OS/c1-20-10-13-25(14-11-20)34-29(38)15-17-36-31(30(35-32(36)39)27-8-6-7-16-33-27)26-19-23(4)37(24(26)5)28-18-21(2)9-12-22(28)3/h6-14,16,18-19,30-31H,15,17H2,1-5H3,(H,34,38)(H,35,39)/t30-,31-/m1/s1. The monoisotopic (exact) mass is 537 g/mol. The maximum absolute atomic E-state index is 12.9. The van der Waals surface area contributed by atoms with Crippen molar-refractivity contribution in [3.05, 3.63) is 112 Å². The van der Waals surface area contributed by atoms with E-state index in [1.807, 2.05) is 55.6 Å². The number of hydrogen-bond acceptors (Lipinski definition) is 3. The fraction of sp³-hybridized carbons (Fsp3) is 0.281. The number of thiocarbonyl (C=S) groups is 1. The maximum atomic E-state index is 12.9. The van der Waals surface area contributed by atoms with E-state index in [2.05, 4.69) is 77.0 Å². The van der Waals surface area contributed by atoms with E-state index in [4.69, 9.17) is 12.2 Å². The Morgan fingerprint density at radius 3 is 2.44 bits per heavy atom. The summed E-state index contributed by atoms with van der Waals surface area (Å²) in [6.45, 7) is 11.1. The van der Waals surface area contributed by atoms with Gasteiger partial charge in [-0.05, 0) is 99.9 Å². The van der Waals surface area contributed by atoms with Gasteiger partial charge in [-0.15, -0.1) is 0 Å². The summed E-state index contributed by atoms with van der Waals surface area (Å²) in [4.78, 5) is 19.7. The Morgan fingerprint density at radius 2 is 1.72 bits per heavy atom. The summed E-state index contributed by atoms with van der Waals surface area (Å²) in [5.41, 5.74) is 10.0. The molecule has 5 rings (SSSR count). The topological polar surface area (TPSA) is 62.2 Å². The van der Waals surface area contributed by atoms with Crippen molar-refractivity contribution in [2.24, 2.45) is 0 Å².